The summed E-state index contributed by atoms with van der Waals surface area (Å²) in [6.45, 7) is 2.62. The molecule has 0 bridgehead atoms. The summed E-state index contributed by atoms with van der Waals surface area (Å²) in [5.74, 6) is 0.753. The van der Waals surface area contributed by atoms with E-state index in [9.17, 15) is 4.79 Å². The average molecular weight is 312 g/mol. The lowest BCUT2D eigenvalue weighted by Gasteiger charge is -2.32. The monoisotopic (exact) mass is 312 g/mol. The molecule has 1 amide bonds. The van der Waals surface area contributed by atoms with Gasteiger partial charge in [-0.25, -0.2) is 0 Å². The van der Waals surface area contributed by atoms with Crippen molar-refractivity contribution in [3.8, 4) is 0 Å². The van der Waals surface area contributed by atoms with Crippen molar-refractivity contribution < 1.29 is 4.79 Å². The molecule has 1 aliphatic rings. The molecule has 3 rings (SSSR count). The van der Waals surface area contributed by atoms with Gasteiger partial charge in [0.1, 0.15) is 0 Å². The molecule has 122 valence electrons. The van der Waals surface area contributed by atoms with E-state index in [0.717, 1.165) is 43.7 Å². The Morgan fingerprint density at radius 1 is 1.22 bits per heavy atom. The lowest BCUT2D eigenvalue weighted by molar-refractivity contribution is 0.0681. The highest BCUT2D eigenvalue weighted by molar-refractivity contribution is 5.94. The van der Waals surface area contributed by atoms with Crippen molar-refractivity contribution in [1.29, 1.82) is 0 Å². The van der Waals surface area contributed by atoms with Gasteiger partial charge in [0.15, 0.2) is 0 Å². The number of hydrogen-bond donors (Lipinski definition) is 0. The number of benzene rings is 1. The van der Waals surface area contributed by atoms with Crippen LogP contribution in [0.5, 0.6) is 0 Å². The predicted molar refractivity (Wildman–Crippen MR) is 91.6 cm³/mol. The highest BCUT2D eigenvalue weighted by atomic mass is 16.2. The molecule has 1 aliphatic heterocycles. The second-order valence-corrected chi connectivity index (χ2v) is 6.40. The van der Waals surface area contributed by atoms with Gasteiger partial charge in [-0.05, 0) is 49.1 Å². The van der Waals surface area contributed by atoms with Gasteiger partial charge in [-0.3, -0.25) is 9.48 Å². The Hall–Kier alpha value is -2.30. The maximum atomic E-state index is 12.6. The fraction of sp³-hybridized carbons (Fsp3) is 0.444. The van der Waals surface area contributed by atoms with Crippen LogP contribution in [0.3, 0.4) is 0 Å². The Kier molecular flexibility index (Phi) is 4.65. The first-order valence-electron chi connectivity index (χ1n) is 8.17. The SMILES string of the molecule is CN(C)c1ccc(C(=O)N2CCC(Cn3cccn3)CC2)cc1. The second kappa shape index (κ2) is 6.86. The highest BCUT2D eigenvalue weighted by Gasteiger charge is 2.23. The number of carbonyl (C=O) groups excluding carboxylic acids is 1. The molecule has 0 radical (unpaired) electrons. The molecule has 23 heavy (non-hydrogen) atoms. The number of rotatable bonds is 4. The van der Waals surface area contributed by atoms with Crippen LogP contribution in [-0.4, -0.2) is 47.8 Å². The average Bonchev–Trinajstić information content (AvgIpc) is 3.08. The van der Waals surface area contributed by atoms with Crippen LogP contribution < -0.4 is 4.90 Å². The van der Waals surface area contributed by atoms with Crippen LogP contribution in [0.25, 0.3) is 0 Å². The van der Waals surface area contributed by atoms with Crippen LogP contribution in [0.15, 0.2) is 42.7 Å². The molecule has 2 aromatic rings. The number of piperidine rings is 1. The Labute approximate surface area is 137 Å². The molecule has 5 heteroatoms. The lowest BCUT2D eigenvalue weighted by Crippen LogP contribution is -2.39. The Morgan fingerprint density at radius 2 is 1.91 bits per heavy atom. The van der Waals surface area contributed by atoms with E-state index in [1.165, 1.54) is 0 Å². The van der Waals surface area contributed by atoms with Crippen molar-refractivity contribution in [2.75, 3.05) is 32.1 Å². The van der Waals surface area contributed by atoms with E-state index in [4.69, 9.17) is 0 Å². The third-order valence-electron chi connectivity index (χ3n) is 4.54. The van der Waals surface area contributed by atoms with Gasteiger partial charge in [-0.15, -0.1) is 0 Å². The number of likely N-dealkylation sites (tertiary alicyclic amines) is 1. The third kappa shape index (κ3) is 3.73. The van der Waals surface area contributed by atoms with Crippen molar-refractivity contribution in [3.63, 3.8) is 0 Å². The van der Waals surface area contributed by atoms with Crippen molar-refractivity contribution in [2.24, 2.45) is 5.92 Å². The van der Waals surface area contributed by atoms with Gasteiger partial charge < -0.3 is 9.80 Å². The zero-order valence-corrected chi connectivity index (χ0v) is 13.9. The maximum absolute atomic E-state index is 12.6. The quantitative estimate of drug-likeness (QED) is 0.871. The van der Waals surface area contributed by atoms with Crippen molar-refractivity contribution in [1.82, 2.24) is 14.7 Å². The minimum absolute atomic E-state index is 0.146. The van der Waals surface area contributed by atoms with E-state index in [2.05, 4.69) is 5.10 Å². The highest BCUT2D eigenvalue weighted by Crippen LogP contribution is 2.21. The number of nitrogens with zero attached hydrogens (tertiary/aromatic N) is 4. The Balaban J connectivity index is 1.55. The molecular formula is C18H24N4O. The number of carbonyl (C=O) groups is 1. The molecule has 5 nitrogen and oxygen atoms in total. The van der Waals surface area contributed by atoms with Gasteiger partial charge in [0.2, 0.25) is 0 Å². The van der Waals surface area contributed by atoms with Gasteiger partial charge in [0.25, 0.3) is 5.91 Å². The van der Waals surface area contributed by atoms with E-state index in [0.29, 0.717) is 5.92 Å². The van der Waals surface area contributed by atoms with Gasteiger partial charge in [0.05, 0.1) is 0 Å². The largest absolute Gasteiger partial charge is 0.378 e. The summed E-state index contributed by atoms with van der Waals surface area (Å²) >= 11 is 0. The van der Waals surface area contributed by atoms with Crippen LogP contribution in [0.1, 0.15) is 23.2 Å². The van der Waals surface area contributed by atoms with Crippen molar-refractivity contribution in [3.05, 3.63) is 48.3 Å². The van der Waals surface area contributed by atoms with Gasteiger partial charge >= 0.3 is 0 Å². The summed E-state index contributed by atoms with van der Waals surface area (Å²) in [5.41, 5.74) is 1.89. The van der Waals surface area contributed by atoms with Crippen LogP contribution in [0.4, 0.5) is 5.69 Å². The Bertz CT molecular complexity index is 626. The molecule has 1 aromatic heterocycles. The molecule has 1 aromatic carbocycles. The molecule has 0 N–H and O–H groups in total. The normalized spacial score (nSPS) is 15.7. The van der Waals surface area contributed by atoms with E-state index in [-0.39, 0.29) is 5.91 Å². The molecule has 0 aliphatic carbocycles. The standard InChI is InChI=1S/C18H24N4O/c1-20(2)17-6-4-16(5-7-17)18(23)21-12-8-15(9-13-21)14-22-11-3-10-19-22/h3-7,10-11,15H,8-9,12-14H2,1-2H3. The van der Waals surface area contributed by atoms with Crippen LogP contribution >= 0.6 is 0 Å². The van der Waals surface area contributed by atoms with E-state index >= 15 is 0 Å². The second-order valence-electron chi connectivity index (χ2n) is 6.40. The molecule has 1 fully saturated rings. The first-order chi connectivity index (χ1) is 11.1. The number of amides is 1. The van der Waals surface area contributed by atoms with Crippen LogP contribution in [0.2, 0.25) is 0 Å². The molecule has 2 heterocycles. The van der Waals surface area contributed by atoms with Crippen LogP contribution in [0, 0.1) is 5.92 Å². The third-order valence-corrected chi connectivity index (χ3v) is 4.54. The summed E-state index contributed by atoms with van der Waals surface area (Å²) in [5, 5.41) is 4.27. The minimum Gasteiger partial charge on any atom is -0.378 e. The fourth-order valence-electron chi connectivity index (χ4n) is 3.08. The molecule has 0 unspecified atom stereocenters. The predicted octanol–water partition coefficient (Wildman–Crippen LogP) is 2.50. The van der Waals surface area contributed by atoms with Gasteiger partial charge in [-0.2, -0.15) is 5.10 Å². The number of aromatic nitrogens is 2. The van der Waals surface area contributed by atoms with E-state index in [1.54, 1.807) is 0 Å². The maximum Gasteiger partial charge on any atom is 0.253 e. The smallest absolute Gasteiger partial charge is 0.253 e. The van der Waals surface area contributed by atoms with Gasteiger partial charge in [0, 0.05) is 57.4 Å². The van der Waals surface area contributed by atoms with E-state index in [1.807, 2.05) is 71.3 Å². The lowest BCUT2D eigenvalue weighted by atomic mass is 9.96. The molecular weight excluding hydrogens is 288 g/mol. The van der Waals surface area contributed by atoms with Crippen molar-refractivity contribution >= 4 is 11.6 Å². The summed E-state index contributed by atoms with van der Waals surface area (Å²) in [4.78, 5) is 16.6. The first kappa shape index (κ1) is 15.6. The molecule has 0 atom stereocenters. The van der Waals surface area contributed by atoms with Gasteiger partial charge in [-0.1, -0.05) is 0 Å². The summed E-state index contributed by atoms with van der Waals surface area (Å²) in [6, 6.07) is 9.80. The topological polar surface area (TPSA) is 41.4 Å². The summed E-state index contributed by atoms with van der Waals surface area (Å²) in [7, 11) is 4.00. The van der Waals surface area contributed by atoms with E-state index < -0.39 is 0 Å². The van der Waals surface area contributed by atoms with Crippen LogP contribution in [-0.2, 0) is 6.54 Å². The zero-order chi connectivity index (χ0) is 16.2. The minimum atomic E-state index is 0.146. The first-order valence-corrected chi connectivity index (χ1v) is 8.17. The zero-order valence-electron chi connectivity index (χ0n) is 13.9. The molecule has 0 saturated carbocycles. The number of hydrogen-bond acceptors (Lipinski definition) is 3. The fourth-order valence-corrected chi connectivity index (χ4v) is 3.08. The molecule has 1 saturated heterocycles. The Morgan fingerprint density at radius 3 is 2.48 bits per heavy atom. The summed E-state index contributed by atoms with van der Waals surface area (Å²) in [6.07, 6.45) is 5.91. The van der Waals surface area contributed by atoms with Crippen molar-refractivity contribution in [2.45, 2.75) is 19.4 Å². The summed E-state index contributed by atoms with van der Waals surface area (Å²) < 4.78 is 1.99. The molecule has 0 spiro atoms. The number of anilines is 1.